The lowest BCUT2D eigenvalue weighted by Crippen LogP contribution is -1.92. The van der Waals surface area contributed by atoms with E-state index in [9.17, 15) is 0 Å². The molecule has 0 atom stereocenters. The van der Waals surface area contributed by atoms with Crippen molar-refractivity contribution in [1.29, 1.82) is 0 Å². The van der Waals surface area contributed by atoms with E-state index < -0.39 is 0 Å². The minimum atomic E-state index is 0.644. The minimum absolute atomic E-state index is 0.644. The summed E-state index contributed by atoms with van der Waals surface area (Å²) in [6.07, 6.45) is 0. The highest BCUT2D eigenvalue weighted by Crippen LogP contribution is 2.38. The molecule has 6 aromatic rings. The molecule has 0 radical (unpaired) electrons. The molecule has 6 rings (SSSR count). The summed E-state index contributed by atoms with van der Waals surface area (Å²) in [5.41, 5.74) is 6.04. The molecule has 29 heavy (non-hydrogen) atoms. The second kappa shape index (κ2) is 6.33. The maximum Gasteiger partial charge on any atom is 0.227 e. The van der Waals surface area contributed by atoms with Crippen molar-refractivity contribution in [2.24, 2.45) is 0 Å². The van der Waals surface area contributed by atoms with E-state index in [2.05, 4.69) is 69.0 Å². The van der Waals surface area contributed by atoms with E-state index in [1.165, 1.54) is 0 Å². The molecule has 4 heteroatoms. The predicted molar refractivity (Wildman–Crippen MR) is 121 cm³/mol. The zero-order valence-corrected chi connectivity index (χ0v) is 16.9. The number of fused-ring (bicyclic) bond motifs is 5. The third-order valence-electron chi connectivity index (χ3n) is 5.28. The molecule has 0 aliphatic rings. The van der Waals surface area contributed by atoms with E-state index in [1.807, 2.05) is 42.5 Å². The number of rotatable bonds is 2. The highest BCUT2D eigenvalue weighted by molar-refractivity contribution is 9.10. The Bertz CT molecular complexity index is 1500. The molecule has 0 unspecified atom stereocenters. The number of hydrogen-bond donors (Lipinski definition) is 0. The van der Waals surface area contributed by atoms with E-state index in [0.717, 1.165) is 48.6 Å². The van der Waals surface area contributed by atoms with Crippen molar-refractivity contribution in [1.82, 2.24) is 9.55 Å². The lowest BCUT2D eigenvalue weighted by molar-refractivity contribution is 0.620. The van der Waals surface area contributed by atoms with Crippen molar-refractivity contribution in [2.75, 3.05) is 0 Å². The zero-order chi connectivity index (χ0) is 19.4. The van der Waals surface area contributed by atoms with Crippen LogP contribution in [0.2, 0.25) is 0 Å². The molecule has 0 fully saturated rings. The van der Waals surface area contributed by atoms with E-state index in [-0.39, 0.29) is 0 Å². The first-order valence-corrected chi connectivity index (χ1v) is 10.2. The largest absolute Gasteiger partial charge is 0.436 e. The molecule has 0 amide bonds. The van der Waals surface area contributed by atoms with Crippen LogP contribution in [0.5, 0.6) is 0 Å². The summed E-state index contributed by atoms with van der Waals surface area (Å²) in [6, 6.07) is 31.0. The number of nitrogens with zero attached hydrogens (tertiary/aromatic N) is 2. The minimum Gasteiger partial charge on any atom is -0.436 e. The van der Waals surface area contributed by atoms with Crippen LogP contribution < -0.4 is 0 Å². The summed E-state index contributed by atoms with van der Waals surface area (Å²) in [5.74, 6) is 0.644. The van der Waals surface area contributed by atoms with Gasteiger partial charge >= 0.3 is 0 Å². The summed E-state index contributed by atoms with van der Waals surface area (Å²) >= 11 is 3.63. The molecule has 2 aromatic heterocycles. The van der Waals surface area contributed by atoms with Gasteiger partial charge in [0.1, 0.15) is 5.52 Å². The number of benzene rings is 4. The maximum atomic E-state index is 6.12. The fourth-order valence-electron chi connectivity index (χ4n) is 4.03. The molecule has 138 valence electrons. The normalized spacial score (nSPS) is 11.6. The Morgan fingerprint density at radius 3 is 2.31 bits per heavy atom. The molecule has 0 aliphatic carbocycles. The van der Waals surface area contributed by atoms with Gasteiger partial charge in [-0.1, -0.05) is 58.4 Å². The SMILES string of the molecule is Brc1ccc2c3c4nc(-c5ccccc5)oc4ccc3n(-c3ccccc3)c2c1. The van der Waals surface area contributed by atoms with E-state index in [0.29, 0.717) is 5.89 Å². The van der Waals surface area contributed by atoms with Crippen LogP contribution in [0.1, 0.15) is 0 Å². The Balaban J connectivity index is 1.76. The van der Waals surface area contributed by atoms with Crippen LogP contribution in [-0.2, 0) is 0 Å². The van der Waals surface area contributed by atoms with Gasteiger partial charge in [0.25, 0.3) is 0 Å². The number of halogens is 1. The van der Waals surface area contributed by atoms with Gasteiger partial charge in [-0.15, -0.1) is 0 Å². The summed E-state index contributed by atoms with van der Waals surface area (Å²) in [7, 11) is 0. The van der Waals surface area contributed by atoms with Crippen LogP contribution in [0, 0.1) is 0 Å². The van der Waals surface area contributed by atoms with Gasteiger partial charge in [0.15, 0.2) is 5.58 Å². The van der Waals surface area contributed by atoms with Gasteiger partial charge in [-0.2, -0.15) is 0 Å². The van der Waals surface area contributed by atoms with Gasteiger partial charge in [-0.3, -0.25) is 0 Å². The second-order valence-electron chi connectivity index (χ2n) is 7.02. The second-order valence-corrected chi connectivity index (χ2v) is 7.94. The molecule has 0 saturated heterocycles. The van der Waals surface area contributed by atoms with Crippen molar-refractivity contribution < 1.29 is 4.42 Å². The van der Waals surface area contributed by atoms with Gasteiger partial charge in [0, 0.05) is 26.5 Å². The molecule has 4 aromatic carbocycles. The predicted octanol–water partition coefficient (Wildman–Crippen LogP) is 7.35. The summed E-state index contributed by atoms with van der Waals surface area (Å²) < 4.78 is 9.45. The van der Waals surface area contributed by atoms with Gasteiger partial charge in [0.05, 0.1) is 11.0 Å². The Hall–Kier alpha value is -3.37. The first kappa shape index (κ1) is 16.6. The highest BCUT2D eigenvalue weighted by Gasteiger charge is 2.18. The van der Waals surface area contributed by atoms with Crippen molar-refractivity contribution >= 4 is 48.8 Å². The summed E-state index contributed by atoms with van der Waals surface area (Å²) in [6.45, 7) is 0. The van der Waals surface area contributed by atoms with Crippen LogP contribution in [0.25, 0.3) is 50.0 Å². The van der Waals surface area contributed by atoms with Gasteiger partial charge < -0.3 is 8.98 Å². The Kier molecular flexibility index (Phi) is 3.61. The first-order valence-electron chi connectivity index (χ1n) is 9.44. The standard InChI is InChI=1S/C25H15BrN2O/c26-17-11-12-19-21(15-17)28(18-9-5-2-6-10-18)20-13-14-22-24(23(19)20)27-25(29-22)16-7-3-1-4-8-16/h1-15H. The molecule has 0 spiro atoms. The van der Waals surface area contributed by atoms with Crippen LogP contribution in [0.4, 0.5) is 0 Å². The van der Waals surface area contributed by atoms with Crippen molar-refractivity contribution in [3.63, 3.8) is 0 Å². The fourth-order valence-corrected chi connectivity index (χ4v) is 4.37. The average molecular weight is 439 g/mol. The maximum absolute atomic E-state index is 6.12. The van der Waals surface area contributed by atoms with Gasteiger partial charge in [0.2, 0.25) is 5.89 Å². The molecular weight excluding hydrogens is 424 g/mol. The van der Waals surface area contributed by atoms with Gasteiger partial charge in [-0.25, -0.2) is 4.98 Å². The molecule has 2 heterocycles. The fraction of sp³-hybridized carbons (Fsp3) is 0. The third-order valence-corrected chi connectivity index (χ3v) is 5.78. The topological polar surface area (TPSA) is 31.0 Å². The quantitative estimate of drug-likeness (QED) is 0.282. The number of aromatic nitrogens is 2. The lowest BCUT2D eigenvalue weighted by atomic mass is 10.1. The number of hydrogen-bond acceptors (Lipinski definition) is 2. The smallest absolute Gasteiger partial charge is 0.227 e. The van der Waals surface area contributed by atoms with Crippen molar-refractivity contribution in [2.45, 2.75) is 0 Å². The van der Waals surface area contributed by atoms with Gasteiger partial charge in [-0.05, 0) is 48.5 Å². The van der Waals surface area contributed by atoms with E-state index in [1.54, 1.807) is 0 Å². The molecule has 0 aliphatic heterocycles. The van der Waals surface area contributed by atoms with E-state index >= 15 is 0 Å². The Morgan fingerprint density at radius 2 is 1.52 bits per heavy atom. The summed E-state index contributed by atoms with van der Waals surface area (Å²) in [4.78, 5) is 4.90. The monoisotopic (exact) mass is 438 g/mol. The van der Waals surface area contributed by atoms with Crippen molar-refractivity contribution in [3.8, 4) is 17.1 Å². The Morgan fingerprint density at radius 1 is 0.759 bits per heavy atom. The average Bonchev–Trinajstić information content (AvgIpc) is 3.33. The van der Waals surface area contributed by atoms with Crippen molar-refractivity contribution in [3.05, 3.63) is 95.5 Å². The molecule has 0 saturated carbocycles. The first-order chi connectivity index (χ1) is 14.3. The summed E-state index contributed by atoms with van der Waals surface area (Å²) in [5, 5.41) is 2.27. The van der Waals surface area contributed by atoms with Crippen LogP contribution in [-0.4, -0.2) is 9.55 Å². The number of oxazole rings is 1. The highest BCUT2D eigenvalue weighted by atomic mass is 79.9. The lowest BCUT2D eigenvalue weighted by Gasteiger charge is -2.07. The molecule has 3 nitrogen and oxygen atoms in total. The zero-order valence-electron chi connectivity index (χ0n) is 15.3. The number of para-hydroxylation sites is 1. The van der Waals surface area contributed by atoms with E-state index in [4.69, 9.17) is 9.40 Å². The molecule has 0 N–H and O–H groups in total. The third kappa shape index (κ3) is 2.53. The van der Waals surface area contributed by atoms with Crippen LogP contribution in [0.15, 0.2) is 99.9 Å². The Labute approximate surface area is 175 Å². The molecule has 0 bridgehead atoms. The van der Waals surface area contributed by atoms with Crippen LogP contribution in [0.3, 0.4) is 0 Å². The molecular formula is C25H15BrN2O. The van der Waals surface area contributed by atoms with Crippen LogP contribution >= 0.6 is 15.9 Å².